The maximum Gasteiger partial charge on any atom is 0.150 e. The van der Waals surface area contributed by atoms with Crippen LogP contribution in [-0.4, -0.2) is 16.7 Å². The number of rotatable bonds is 4. The molecule has 2 heterocycles. The average Bonchev–Trinajstić information content (AvgIpc) is 3.09. The predicted molar refractivity (Wildman–Crippen MR) is 82.6 cm³/mol. The molecular weight excluding hydrogens is 292 g/mol. The molecule has 0 aliphatic carbocycles. The smallest absolute Gasteiger partial charge is 0.150 e. The van der Waals surface area contributed by atoms with Crippen molar-refractivity contribution in [3.63, 3.8) is 0 Å². The summed E-state index contributed by atoms with van der Waals surface area (Å²) in [5.41, 5.74) is 1.04. The largest absolute Gasteiger partial charge is 0.496 e. The zero-order valence-corrected chi connectivity index (χ0v) is 12.5. The van der Waals surface area contributed by atoms with E-state index < -0.39 is 0 Å². The van der Waals surface area contributed by atoms with Crippen LogP contribution in [0.5, 0.6) is 5.75 Å². The van der Waals surface area contributed by atoms with Crippen LogP contribution in [0.25, 0.3) is 10.7 Å². The summed E-state index contributed by atoms with van der Waals surface area (Å²) >= 11 is 7.75. The number of hydrogen-bond donors (Lipinski definition) is 0. The molecule has 20 heavy (non-hydrogen) atoms. The first-order valence-electron chi connectivity index (χ1n) is 6.15. The van der Waals surface area contributed by atoms with Crippen LogP contribution < -0.4 is 4.74 Å². The molecule has 5 heteroatoms. The molecule has 0 N–H and O–H groups in total. The lowest BCUT2D eigenvalue weighted by Crippen LogP contribution is -2.02. The number of ether oxygens (including phenoxy) is 1. The van der Waals surface area contributed by atoms with Crippen molar-refractivity contribution in [2.45, 2.75) is 6.54 Å². The van der Waals surface area contributed by atoms with Gasteiger partial charge in [-0.1, -0.05) is 17.7 Å². The fraction of sp³-hybridized carbons (Fsp3) is 0.133. The fourth-order valence-corrected chi connectivity index (χ4v) is 3.05. The van der Waals surface area contributed by atoms with Gasteiger partial charge < -0.3 is 9.30 Å². The van der Waals surface area contributed by atoms with E-state index in [1.54, 1.807) is 18.4 Å². The lowest BCUT2D eigenvalue weighted by atomic mass is 10.2. The predicted octanol–water partition coefficient (Wildman–Crippen LogP) is 4.32. The van der Waals surface area contributed by atoms with Gasteiger partial charge in [0.05, 0.1) is 18.5 Å². The number of imidazole rings is 1. The van der Waals surface area contributed by atoms with Crippen LogP contribution in [0.15, 0.2) is 48.1 Å². The Morgan fingerprint density at radius 1 is 1.35 bits per heavy atom. The van der Waals surface area contributed by atoms with Crippen molar-refractivity contribution in [2.24, 2.45) is 0 Å². The van der Waals surface area contributed by atoms with E-state index in [1.165, 1.54) is 0 Å². The van der Waals surface area contributed by atoms with Gasteiger partial charge in [-0.05, 0) is 29.6 Å². The maximum atomic E-state index is 6.07. The Hall–Kier alpha value is -1.78. The highest BCUT2D eigenvalue weighted by atomic mass is 35.5. The van der Waals surface area contributed by atoms with Crippen molar-refractivity contribution in [3.05, 3.63) is 58.7 Å². The molecule has 0 aliphatic heterocycles. The van der Waals surface area contributed by atoms with Crippen LogP contribution in [0.4, 0.5) is 0 Å². The summed E-state index contributed by atoms with van der Waals surface area (Å²) in [6.45, 7) is 0.678. The van der Waals surface area contributed by atoms with Crippen molar-refractivity contribution >= 4 is 22.9 Å². The minimum Gasteiger partial charge on any atom is -0.496 e. The average molecular weight is 305 g/mol. The Bertz CT molecular complexity index is 706. The fourth-order valence-electron chi connectivity index (χ4n) is 2.12. The number of aromatic nitrogens is 2. The Labute approximate surface area is 126 Å². The number of thiophene rings is 1. The Balaban J connectivity index is 1.97. The molecule has 1 aromatic carbocycles. The highest BCUT2D eigenvalue weighted by Gasteiger charge is 2.10. The summed E-state index contributed by atoms with van der Waals surface area (Å²) in [7, 11) is 1.67. The molecule has 0 saturated heterocycles. The van der Waals surface area contributed by atoms with Crippen LogP contribution in [0, 0.1) is 0 Å². The van der Waals surface area contributed by atoms with E-state index in [0.717, 1.165) is 22.0 Å². The van der Waals surface area contributed by atoms with Crippen LogP contribution in [0.1, 0.15) is 5.56 Å². The van der Waals surface area contributed by atoms with Gasteiger partial charge in [0.1, 0.15) is 11.6 Å². The highest BCUT2D eigenvalue weighted by Crippen LogP contribution is 2.27. The first-order chi connectivity index (χ1) is 9.78. The van der Waals surface area contributed by atoms with Crippen molar-refractivity contribution in [3.8, 4) is 16.5 Å². The zero-order valence-electron chi connectivity index (χ0n) is 10.9. The standard InChI is InChI=1S/C15H13ClN2OS/c1-19-13-5-4-12(16)9-11(13)10-18-7-6-17-15(18)14-3-2-8-20-14/h2-9H,10H2,1H3. The van der Waals surface area contributed by atoms with Crippen LogP contribution in [-0.2, 0) is 6.54 Å². The van der Waals surface area contributed by atoms with Crippen LogP contribution >= 0.6 is 22.9 Å². The van der Waals surface area contributed by atoms with Gasteiger partial charge in [-0.3, -0.25) is 0 Å². The lowest BCUT2D eigenvalue weighted by Gasteiger charge is -2.11. The third-order valence-electron chi connectivity index (χ3n) is 3.04. The molecule has 0 amide bonds. The van der Waals surface area contributed by atoms with Gasteiger partial charge in [0.2, 0.25) is 0 Å². The lowest BCUT2D eigenvalue weighted by molar-refractivity contribution is 0.408. The van der Waals surface area contributed by atoms with Crippen molar-refractivity contribution in [2.75, 3.05) is 7.11 Å². The molecule has 3 nitrogen and oxygen atoms in total. The van der Waals surface area contributed by atoms with Gasteiger partial charge >= 0.3 is 0 Å². The molecule has 0 fully saturated rings. The number of methoxy groups -OCH3 is 1. The summed E-state index contributed by atoms with van der Waals surface area (Å²) in [4.78, 5) is 5.58. The molecule has 3 aromatic rings. The van der Waals surface area contributed by atoms with Crippen LogP contribution in [0.3, 0.4) is 0 Å². The molecule has 0 radical (unpaired) electrons. The van der Waals surface area contributed by atoms with Gasteiger partial charge in [-0.25, -0.2) is 4.98 Å². The monoisotopic (exact) mass is 304 g/mol. The zero-order chi connectivity index (χ0) is 13.9. The quantitative estimate of drug-likeness (QED) is 0.717. The molecule has 0 atom stereocenters. The Morgan fingerprint density at radius 2 is 2.25 bits per heavy atom. The maximum absolute atomic E-state index is 6.07. The minimum atomic E-state index is 0.678. The summed E-state index contributed by atoms with van der Waals surface area (Å²) < 4.78 is 7.49. The normalized spacial score (nSPS) is 10.7. The van der Waals surface area contributed by atoms with Gasteiger partial charge in [0.15, 0.2) is 0 Å². The minimum absolute atomic E-state index is 0.678. The van der Waals surface area contributed by atoms with Gasteiger partial charge in [-0.2, -0.15) is 0 Å². The van der Waals surface area contributed by atoms with E-state index in [2.05, 4.69) is 15.6 Å². The topological polar surface area (TPSA) is 27.1 Å². The first kappa shape index (κ1) is 13.2. The SMILES string of the molecule is COc1ccc(Cl)cc1Cn1ccnc1-c1cccs1. The summed E-state index contributed by atoms with van der Waals surface area (Å²) in [6, 6.07) is 9.74. The third kappa shape index (κ3) is 2.57. The molecule has 102 valence electrons. The molecule has 0 spiro atoms. The molecule has 3 rings (SSSR count). The van der Waals surface area contributed by atoms with E-state index >= 15 is 0 Å². The van der Waals surface area contributed by atoms with Crippen LogP contribution in [0.2, 0.25) is 5.02 Å². The summed E-state index contributed by atoms with van der Waals surface area (Å²) in [6.07, 6.45) is 3.78. The van der Waals surface area contributed by atoms with Crippen molar-refractivity contribution in [1.29, 1.82) is 0 Å². The van der Waals surface area contributed by atoms with Gasteiger partial charge in [0.25, 0.3) is 0 Å². The molecule has 0 unspecified atom stereocenters. The van der Waals surface area contributed by atoms with Crippen molar-refractivity contribution in [1.82, 2.24) is 9.55 Å². The second kappa shape index (κ2) is 5.69. The number of hydrogen-bond acceptors (Lipinski definition) is 3. The Morgan fingerprint density at radius 3 is 3.00 bits per heavy atom. The highest BCUT2D eigenvalue weighted by molar-refractivity contribution is 7.13. The molecular formula is C15H13ClN2OS. The number of benzene rings is 1. The van der Waals surface area contributed by atoms with Gasteiger partial charge in [-0.15, -0.1) is 11.3 Å². The molecule has 2 aromatic heterocycles. The second-order valence-electron chi connectivity index (χ2n) is 4.31. The van der Waals surface area contributed by atoms with E-state index in [0.29, 0.717) is 11.6 Å². The molecule has 0 bridgehead atoms. The number of nitrogens with zero attached hydrogens (tertiary/aromatic N) is 2. The second-order valence-corrected chi connectivity index (χ2v) is 5.70. The van der Waals surface area contributed by atoms with E-state index in [-0.39, 0.29) is 0 Å². The summed E-state index contributed by atoms with van der Waals surface area (Å²) in [5.74, 6) is 1.79. The Kier molecular flexibility index (Phi) is 3.76. The third-order valence-corrected chi connectivity index (χ3v) is 4.14. The number of halogens is 1. The van der Waals surface area contributed by atoms with Crippen molar-refractivity contribution < 1.29 is 4.74 Å². The van der Waals surface area contributed by atoms with Gasteiger partial charge in [0, 0.05) is 23.0 Å². The molecule has 0 aliphatic rings. The summed E-state index contributed by atoms with van der Waals surface area (Å²) in [5, 5.41) is 2.76. The molecule has 0 saturated carbocycles. The van der Waals surface area contributed by atoms with E-state index in [9.17, 15) is 0 Å². The first-order valence-corrected chi connectivity index (χ1v) is 7.41. The van der Waals surface area contributed by atoms with E-state index in [1.807, 2.05) is 42.0 Å². The van der Waals surface area contributed by atoms with E-state index in [4.69, 9.17) is 16.3 Å².